The van der Waals surface area contributed by atoms with Crippen LogP contribution in [0.5, 0.6) is 5.75 Å². The number of esters is 1. The second kappa shape index (κ2) is 7.49. The summed E-state index contributed by atoms with van der Waals surface area (Å²) < 4.78 is 10.3. The van der Waals surface area contributed by atoms with Crippen molar-refractivity contribution in [3.63, 3.8) is 0 Å². The molecule has 0 unspecified atom stereocenters. The second-order valence-electron chi connectivity index (χ2n) is 6.52. The van der Waals surface area contributed by atoms with E-state index in [1.54, 1.807) is 62.4 Å². The third-order valence-electron chi connectivity index (χ3n) is 4.21. The molecule has 140 valence electrons. The first-order chi connectivity index (χ1) is 12.9. The van der Waals surface area contributed by atoms with Crippen molar-refractivity contribution in [2.75, 3.05) is 23.4 Å². The molecule has 7 heteroatoms. The molecule has 3 rings (SSSR count). The third kappa shape index (κ3) is 3.92. The molecule has 1 aliphatic rings. The van der Waals surface area contributed by atoms with E-state index in [-0.39, 0.29) is 12.5 Å². The van der Waals surface area contributed by atoms with E-state index >= 15 is 0 Å². The Morgan fingerprint density at radius 2 is 1.67 bits per heavy atom. The second-order valence-corrected chi connectivity index (χ2v) is 6.52. The fourth-order valence-electron chi connectivity index (χ4n) is 2.81. The molecule has 0 saturated heterocycles. The molecule has 2 amide bonds. The van der Waals surface area contributed by atoms with Crippen molar-refractivity contribution in [1.29, 1.82) is 0 Å². The zero-order chi connectivity index (χ0) is 19.4. The van der Waals surface area contributed by atoms with Crippen molar-refractivity contribution in [3.05, 3.63) is 54.6 Å². The highest BCUT2D eigenvalue weighted by molar-refractivity contribution is 6.14. The summed E-state index contributed by atoms with van der Waals surface area (Å²) in [7, 11) is 0. The highest BCUT2D eigenvalue weighted by atomic mass is 16.6. The summed E-state index contributed by atoms with van der Waals surface area (Å²) in [5.74, 6) is -0.938. The first-order valence-electron chi connectivity index (χ1n) is 8.46. The van der Waals surface area contributed by atoms with Crippen molar-refractivity contribution in [2.45, 2.75) is 19.4 Å². The summed E-state index contributed by atoms with van der Waals surface area (Å²) in [5.41, 5.74) is -0.0177. The van der Waals surface area contributed by atoms with Gasteiger partial charge in [-0.15, -0.1) is 0 Å². The van der Waals surface area contributed by atoms with Gasteiger partial charge < -0.3 is 14.8 Å². The van der Waals surface area contributed by atoms with Crippen LogP contribution in [-0.2, 0) is 19.1 Å². The Hall–Kier alpha value is -3.35. The maximum atomic E-state index is 12.7. The summed E-state index contributed by atoms with van der Waals surface area (Å²) in [6.07, 6.45) is 0. The molecule has 0 bridgehead atoms. The molecule has 2 aromatic carbocycles. The lowest BCUT2D eigenvalue weighted by Gasteiger charge is -2.41. The molecule has 0 radical (unpaired) electrons. The first kappa shape index (κ1) is 18.4. The number of benzene rings is 2. The standard InChI is InChI=1S/C20H20N2O5/c1-20(2)19(25)21-15-10-6-7-11-16(15)22(20)17(23)12-27-18(24)13-26-14-8-4-3-5-9-14/h3-11H,12-13H2,1-2H3,(H,21,25). The van der Waals surface area contributed by atoms with Gasteiger partial charge in [0.15, 0.2) is 13.2 Å². The van der Waals surface area contributed by atoms with Crippen LogP contribution in [0.15, 0.2) is 54.6 Å². The number of fused-ring (bicyclic) bond motifs is 1. The zero-order valence-corrected chi connectivity index (χ0v) is 15.1. The van der Waals surface area contributed by atoms with E-state index in [0.29, 0.717) is 17.1 Å². The Bertz CT molecular complexity index is 864. The number of ether oxygens (including phenoxy) is 2. The summed E-state index contributed by atoms with van der Waals surface area (Å²) in [6.45, 7) is 2.48. The number of amides is 2. The normalized spacial score (nSPS) is 14.7. The smallest absolute Gasteiger partial charge is 0.344 e. The van der Waals surface area contributed by atoms with Gasteiger partial charge in [-0.3, -0.25) is 14.5 Å². The van der Waals surface area contributed by atoms with Crippen molar-refractivity contribution in [1.82, 2.24) is 0 Å². The zero-order valence-electron chi connectivity index (χ0n) is 15.1. The SMILES string of the molecule is CC1(C)C(=O)Nc2ccccc2N1C(=O)COC(=O)COc1ccccc1. The van der Waals surface area contributed by atoms with E-state index in [2.05, 4.69) is 5.32 Å². The minimum atomic E-state index is -1.11. The predicted molar refractivity (Wildman–Crippen MR) is 99.5 cm³/mol. The van der Waals surface area contributed by atoms with Gasteiger partial charge in [0.25, 0.3) is 5.91 Å². The number of hydrogen-bond acceptors (Lipinski definition) is 5. The number of rotatable bonds is 5. The van der Waals surface area contributed by atoms with Gasteiger partial charge in [0.2, 0.25) is 5.91 Å². The maximum Gasteiger partial charge on any atom is 0.344 e. The van der Waals surface area contributed by atoms with Gasteiger partial charge in [0.05, 0.1) is 11.4 Å². The van der Waals surface area contributed by atoms with E-state index in [1.807, 2.05) is 6.07 Å². The number of anilines is 2. The molecule has 2 aromatic rings. The van der Waals surface area contributed by atoms with Crippen LogP contribution in [0.3, 0.4) is 0 Å². The molecular weight excluding hydrogens is 348 g/mol. The third-order valence-corrected chi connectivity index (χ3v) is 4.21. The Labute approximate surface area is 156 Å². The number of carbonyl (C=O) groups is 3. The Kier molecular flexibility index (Phi) is 5.12. The fourth-order valence-corrected chi connectivity index (χ4v) is 2.81. The molecule has 0 atom stereocenters. The van der Waals surface area contributed by atoms with Crippen LogP contribution < -0.4 is 15.0 Å². The fraction of sp³-hybridized carbons (Fsp3) is 0.250. The Morgan fingerprint density at radius 1 is 1.00 bits per heavy atom. The van der Waals surface area contributed by atoms with Crippen molar-refractivity contribution in [2.24, 2.45) is 0 Å². The minimum Gasteiger partial charge on any atom is -0.482 e. The Balaban J connectivity index is 1.64. The van der Waals surface area contributed by atoms with Gasteiger partial charge in [0.1, 0.15) is 11.3 Å². The van der Waals surface area contributed by atoms with Crippen LogP contribution in [0, 0.1) is 0 Å². The van der Waals surface area contributed by atoms with Crippen LogP contribution in [0.4, 0.5) is 11.4 Å². The van der Waals surface area contributed by atoms with Crippen LogP contribution in [-0.4, -0.2) is 36.5 Å². The van der Waals surface area contributed by atoms with Gasteiger partial charge in [-0.05, 0) is 38.1 Å². The minimum absolute atomic E-state index is 0.308. The van der Waals surface area contributed by atoms with Gasteiger partial charge >= 0.3 is 5.97 Å². The number of nitrogens with one attached hydrogen (secondary N) is 1. The molecule has 0 aromatic heterocycles. The molecule has 7 nitrogen and oxygen atoms in total. The number of nitrogens with zero attached hydrogens (tertiary/aromatic N) is 1. The lowest BCUT2D eigenvalue weighted by molar-refractivity contribution is -0.150. The summed E-state index contributed by atoms with van der Waals surface area (Å²) in [5, 5.41) is 2.78. The van der Waals surface area contributed by atoms with E-state index in [1.165, 1.54) is 4.90 Å². The predicted octanol–water partition coefficient (Wildman–Crippen LogP) is 2.37. The Morgan fingerprint density at radius 3 is 2.41 bits per heavy atom. The highest BCUT2D eigenvalue weighted by Gasteiger charge is 2.43. The molecule has 1 aliphatic heterocycles. The maximum absolute atomic E-state index is 12.7. The van der Waals surface area contributed by atoms with Crippen molar-refractivity contribution < 1.29 is 23.9 Å². The van der Waals surface area contributed by atoms with E-state index in [4.69, 9.17) is 9.47 Å². The summed E-state index contributed by atoms with van der Waals surface area (Å²) in [6, 6.07) is 15.8. The topological polar surface area (TPSA) is 84.9 Å². The first-order valence-corrected chi connectivity index (χ1v) is 8.46. The van der Waals surface area contributed by atoms with Crippen LogP contribution in [0.1, 0.15) is 13.8 Å². The van der Waals surface area contributed by atoms with Gasteiger partial charge in [-0.25, -0.2) is 4.79 Å². The van der Waals surface area contributed by atoms with Crippen LogP contribution >= 0.6 is 0 Å². The van der Waals surface area contributed by atoms with Crippen molar-refractivity contribution in [3.8, 4) is 5.75 Å². The molecule has 0 spiro atoms. The lowest BCUT2D eigenvalue weighted by Crippen LogP contribution is -2.59. The number of carbonyl (C=O) groups excluding carboxylic acids is 3. The lowest BCUT2D eigenvalue weighted by atomic mass is 9.96. The van der Waals surface area contributed by atoms with Crippen LogP contribution in [0.25, 0.3) is 0 Å². The largest absolute Gasteiger partial charge is 0.482 e. The van der Waals surface area contributed by atoms with E-state index < -0.39 is 24.0 Å². The summed E-state index contributed by atoms with van der Waals surface area (Å²) >= 11 is 0. The number of hydrogen-bond donors (Lipinski definition) is 1. The van der Waals surface area contributed by atoms with Crippen LogP contribution in [0.2, 0.25) is 0 Å². The molecular formula is C20H20N2O5. The van der Waals surface area contributed by atoms with Gasteiger partial charge in [0, 0.05) is 0 Å². The van der Waals surface area contributed by atoms with E-state index in [9.17, 15) is 14.4 Å². The van der Waals surface area contributed by atoms with Crippen molar-refractivity contribution >= 4 is 29.2 Å². The average Bonchev–Trinajstić information content (AvgIpc) is 2.66. The molecule has 1 heterocycles. The molecule has 0 fully saturated rings. The quantitative estimate of drug-likeness (QED) is 0.819. The average molecular weight is 368 g/mol. The number of para-hydroxylation sites is 3. The molecule has 0 saturated carbocycles. The van der Waals surface area contributed by atoms with Gasteiger partial charge in [-0.1, -0.05) is 30.3 Å². The molecule has 27 heavy (non-hydrogen) atoms. The summed E-state index contributed by atoms with van der Waals surface area (Å²) in [4.78, 5) is 38.3. The highest BCUT2D eigenvalue weighted by Crippen LogP contribution is 2.36. The molecule has 1 N–H and O–H groups in total. The van der Waals surface area contributed by atoms with Gasteiger partial charge in [-0.2, -0.15) is 0 Å². The monoisotopic (exact) mass is 368 g/mol. The molecule has 0 aliphatic carbocycles. The van der Waals surface area contributed by atoms with E-state index in [0.717, 1.165) is 0 Å².